The van der Waals surface area contributed by atoms with Crippen molar-refractivity contribution < 1.29 is 14.6 Å². The fourth-order valence-corrected chi connectivity index (χ4v) is 1.74. The van der Waals surface area contributed by atoms with Gasteiger partial charge >= 0.3 is 5.97 Å². The normalized spacial score (nSPS) is 11.7. The van der Waals surface area contributed by atoms with Crippen LogP contribution in [0.4, 0.5) is 5.69 Å². The summed E-state index contributed by atoms with van der Waals surface area (Å²) in [5.74, 6) is -0.472. The molecule has 0 saturated carbocycles. The molecule has 4 heteroatoms. The summed E-state index contributed by atoms with van der Waals surface area (Å²) in [4.78, 5) is 11.9. The molecule has 0 saturated heterocycles. The van der Waals surface area contributed by atoms with Crippen LogP contribution < -0.4 is 5.32 Å². The predicted molar refractivity (Wildman–Crippen MR) is 77.2 cm³/mol. The first-order valence-electron chi connectivity index (χ1n) is 6.42. The number of hydrogen-bond acceptors (Lipinski definition) is 4. The molecule has 2 rings (SSSR count). The van der Waals surface area contributed by atoms with E-state index in [0.29, 0.717) is 0 Å². The average molecular weight is 271 g/mol. The average Bonchev–Trinajstić information content (AvgIpc) is 2.52. The van der Waals surface area contributed by atoms with Crippen molar-refractivity contribution in [2.45, 2.75) is 12.6 Å². The van der Waals surface area contributed by atoms with Gasteiger partial charge in [0.1, 0.15) is 12.6 Å². The van der Waals surface area contributed by atoms with E-state index in [1.54, 1.807) is 0 Å². The Labute approximate surface area is 118 Å². The van der Waals surface area contributed by atoms with Crippen LogP contribution in [0.5, 0.6) is 0 Å². The van der Waals surface area contributed by atoms with Crippen LogP contribution in [0.2, 0.25) is 0 Å². The number of ether oxygens (including phenoxy) is 1. The third kappa shape index (κ3) is 4.10. The minimum atomic E-state index is -0.763. The Balaban J connectivity index is 1.89. The van der Waals surface area contributed by atoms with Gasteiger partial charge in [0, 0.05) is 5.69 Å². The number of esters is 1. The van der Waals surface area contributed by atoms with Crippen LogP contribution in [0.15, 0.2) is 60.7 Å². The number of carbonyl (C=O) groups is 1. The van der Waals surface area contributed by atoms with Crippen molar-refractivity contribution in [2.75, 3.05) is 11.9 Å². The number of benzene rings is 2. The van der Waals surface area contributed by atoms with Gasteiger partial charge in [-0.25, -0.2) is 4.79 Å². The predicted octanol–water partition coefficient (Wildman–Crippen LogP) is 2.20. The van der Waals surface area contributed by atoms with Crippen molar-refractivity contribution in [3.63, 3.8) is 0 Å². The molecule has 0 aromatic heterocycles. The first-order valence-corrected chi connectivity index (χ1v) is 6.42. The number of rotatable bonds is 6. The quantitative estimate of drug-likeness (QED) is 0.791. The third-order valence-corrected chi connectivity index (χ3v) is 2.81. The molecule has 0 aliphatic carbocycles. The van der Waals surface area contributed by atoms with Crippen molar-refractivity contribution in [1.82, 2.24) is 0 Å². The van der Waals surface area contributed by atoms with E-state index < -0.39 is 12.0 Å². The summed E-state index contributed by atoms with van der Waals surface area (Å²) < 4.78 is 5.19. The van der Waals surface area contributed by atoms with Gasteiger partial charge < -0.3 is 15.2 Å². The molecule has 0 aliphatic rings. The van der Waals surface area contributed by atoms with Crippen LogP contribution in [0.1, 0.15) is 5.56 Å². The number of aliphatic hydroxyl groups excluding tert-OH is 1. The maximum atomic E-state index is 11.9. The fraction of sp³-hybridized carbons (Fsp3) is 0.188. The van der Waals surface area contributed by atoms with Crippen LogP contribution >= 0.6 is 0 Å². The topological polar surface area (TPSA) is 58.6 Å². The lowest BCUT2D eigenvalue weighted by Crippen LogP contribution is -2.34. The van der Waals surface area contributed by atoms with Gasteiger partial charge in [0.25, 0.3) is 0 Å². The summed E-state index contributed by atoms with van der Waals surface area (Å²) in [6.07, 6.45) is 0. The molecule has 20 heavy (non-hydrogen) atoms. The van der Waals surface area contributed by atoms with Crippen LogP contribution in [0.3, 0.4) is 0 Å². The molecular formula is C16H17NO3. The monoisotopic (exact) mass is 271 g/mol. The van der Waals surface area contributed by atoms with Crippen molar-refractivity contribution in [1.29, 1.82) is 0 Å². The second-order valence-electron chi connectivity index (χ2n) is 4.34. The van der Waals surface area contributed by atoms with Gasteiger partial charge in [-0.2, -0.15) is 0 Å². The zero-order valence-corrected chi connectivity index (χ0v) is 11.0. The minimum Gasteiger partial charge on any atom is -0.459 e. The van der Waals surface area contributed by atoms with Gasteiger partial charge in [-0.15, -0.1) is 0 Å². The van der Waals surface area contributed by atoms with Gasteiger partial charge in [0.15, 0.2) is 0 Å². The Morgan fingerprint density at radius 3 is 2.25 bits per heavy atom. The van der Waals surface area contributed by atoms with Gasteiger partial charge in [-0.05, 0) is 17.7 Å². The van der Waals surface area contributed by atoms with Crippen molar-refractivity contribution >= 4 is 11.7 Å². The van der Waals surface area contributed by atoms with E-state index in [4.69, 9.17) is 4.74 Å². The van der Waals surface area contributed by atoms with Crippen molar-refractivity contribution in [3.8, 4) is 0 Å². The lowest BCUT2D eigenvalue weighted by Gasteiger charge is -2.16. The molecule has 0 amide bonds. The summed E-state index contributed by atoms with van der Waals surface area (Å²) in [7, 11) is 0. The lowest BCUT2D eigenvalue weighted by molar-refractivity contribution is -0.146. The first kappa shape index (κ1) is 14.1. The highest BCUT2D eigenvalue weighted by Crippen LogP contribution is 2.09. The molecule has 0 unspecified atom stereocenters. The second-order valence-corrected chi connectivity index (χ2v) is 4.34. The van der Waals surface area contributed by atoms with Gasteiger partial charge in [0.05, 0.1) is 6.61 Å². The zero-order valence-electron chi connectivity index (χ0n) is 11.0. The molecule has 0 aliphatic heterocycles. The number of para-hydroxylation sites is 1. The molecule has 0 radical (unpaired) electrons. The number of nitrogens with one attached hydrogen (secondary N) is 1. The van der Waals surface area contributed by atoms with E-state index in [2.05, 4.69) is 5.32 Å². The number of carbonyl (C=O) groups excluding carboxylic acids is 1. The van der Waals surface area contributed by atoms with Crippen LogP contribution in [0, 0.1) is 0 Å². The maximum absolute atomic E-state index is 11.9. The number of anilines is 1. The van der Waals surface area contributed by atoms with Gasteiger partial charge in [0.2, 0.25) is 0 Å². The number of aliphatic hydroxyl groups is 1. The Kier molecular flexibility index (Phi) is 5.15. The van der Waals surface area contributed by atoms with E-state index in [9.17, 15) is 9.90 Å². The van der Waals surface area contributed by atoms with Crippen LogP contribution in [-0.4, -0.2) is 23.7 Å². The molecule has 0 fully saturated rings. The molecule has 0 bridgehead atoms. The van der Waals surface area contributed by atoms with E-state index in [1.807, 2.05) is 60.7 Å². The maximum Gasteiger partial charge on any atom is 0.331 e. The van der Waals surface area contributed by atoms with E-state index in [0.717, 1.165) is 11.3 Å². The molecule has 2 aromatic rings. The van der Waals surface area contributed by atoms with Gasteiger partial charge in [-0.1, -0.05) is 48.5 Å². The van der Waals surface area contributed by atoms with Crippen LogP contribution in [-0.2, 0) is 16.1 Å². The summed E-state index contributed by atoms with van der Waals surface area (Å²) in [6, 6.07) is 17.9. The fourth-order valence-electron chi connectivity index (χ4n) is 1.74. The molecule has 0 heterocycles. The van der Waals surface area contributed by atoms with Crippen molar-refractivity contribution in [3.05, 3.63) is 66.2 Å². The van der Waals surface area contributed by atoms with Crippen LogP contribution in [0.25, 0.3) is 0 Å². The smallest absolute Gasteiger partial charge is 0.331 e. The second kappa shape index (κ2) is 7.31. The first-order chi connectivity index (χ1) is 9.79. The SMILES string of the molecule is O=C(OCc1ccccc1)[C@H](CO)Nc1ccccc1. The highest BCUT2D eigenvalue weighted by atomic mass is 16.5. The molecule has 104 valence electrons. The largest absolute Gasteiger partial charge is 0.459 e. The minimum absolute atomic E-state index is 0.201. The number of hydrogen-bond donors (Lipinski definition) is 2. The Morgan fingerprint density at radius 2 is 1.65 bits per heavy atom. The Hall–Kier alpha value is -2.33. The molecule has 2 aromatic carbocycles. The molecular weight excluding hydrogens is 254 g/mol. The molecule has 2 N–H and O–H groups in total. The van der Waals surface area contributed by atoms with Gasteiger partial charge in [-0.3, -0.25) is 0 Å². The molecule has 0 spiro atoms. The third-order valence-electron chi connectivity index (χ3n) is 2.81. The van der Waals surface area contributed by atoms with E-state index in [1.165, 1.54) is 0 Å². The highest BCUT2D eigenvalue weighted by Gasteiger charge is 2.18. The standard InChI is InChI=1S/C16H17NO3/c18-11-15(17-14-9-5-2-6-10-14)16(19)20-12-13-7-3-1-4-8-13/h1-10,15,17-18H,11-12H2/t15-/m0/s1. The Bertz CT molecular complexity index is 528. The van der Waals surface area contributed by atoms with E-state index >= 15 is 0 Å². The Morgan fingerprint density at radius 1 is 1.05 bits per heavy atom. The summed E-state index contributed by atoms with van der Waals surface area (Å²) in [5.41, 5.74) is 1.68. The summed E-state index contributed by atoms with van der Waals surface area (Å²) in [5, 5.41) is 12.2. The molecule has 1 atom stereocenters. The lowest BCUT2D eigenvalue weighted by atomic mass is 10.2. The highest BCUT2D eigenvalue weighted by molar-refractivity contribution is 5.79. The zero-order chi connectivity index (χ0) is 14.2. The van der Waals surface area contributed by atoms with Crippen molar-refractivity contribution in [2.24, 2.45) is 0 Å². The van der Waals surface area contributed by atoms with E-state index in [-0.39, 0.29) is 13.2 Å². The molecule has 4 nitrogen and oxygen atoms in total. The summed E-state index contributed by atoms with van der Waals surface area (Å²) >= 11 is 0. The summed E-state index contributed by atoms with van der Waals surface area (Å²) in [6.45, 7) is -0.116.